The molecule has 0 fully saturated rings. The van der Waals surface area contributed by atoms with Crippen LogP contribution in [0, 0.1) is 0 Å². The van der Waals surface area contributed by atoms with E-state index in [2.05, 4.69) is 38.1 Å². The second kappa shape index (κ2) is 5.53. The lowest BCUT2D eigenvalue weighted by Gasteiger charge is -2.06. The van der Waals surface area contributed by atoms with Gasteiger partial charge in [0.2, 0.25) is 0 Å². The molecule has 118 valence electrons. The molecule has 0 spiro atoms. The predicted molar refractivity (Wildman–Crippen MR) is 100 cm³/mol. The zero-order valence-corrected chi connectivity index (χ0v) is 13.3. The molecule has 25 heavy (non-hydrogen) atoms. The lowest BCUT2D eigenvalue weighted by Crippen LogP contribution is -1.92. The fourth-order valence-corrected chi connectivity index (χ4v) is 3.13. The highest BCUT2D eigenvalue weighted by atomic mass is 14.9. The van der Waals surface area contributed by atoms with Gasteiger partial charge in [-0.05, 0) is 23.8 Å². The van der Waals surface area contributed by atoms with Crippen LogP contribution in [-0.4, -0.2) is 19.9 Å². The van der Waals surface area contributed by atoms with E-state index in [1.165, 1.54) is 5.39 Å². The number of H-pyrrole nitrogens is 1. The Morgan fingerprint density at radius 2 is 1.68 bits per heavy atom. The van der Waals surface area contributed by atoms with Crippen molar-refractivity contribution in [3.05, 3.63) is 79.3 Å². The number of rotatable bonds is 2. The molecule has 4 heteroatoms. The van der Waals surface area contributed by atoms with Crippen molar-refractivity contribution in [1.82, 2.24) is 19.9 Å². The molecule has 0 radical (unpaired) electrons. The van der Waals surface area contributed by atoms with E-state index in [1.54, 1.807) is 6.20 Å². The standard InChI is InChI=1S/C21H14N4/c1-2-5-14(6-3-1)20-13-23-19-11-15(12-24-21(19)25-20)16-7-4-8-18-17(16)9-10-22-18/h1-13,22H. The molecule has 0 atom stereocenters. The Bertz CT molecular complexity index is 1190. The second-order valence-corrected chi connectivity index (χ2v) is 5.93. The van der Waals surface area contributed by atoms with Crippen molar-refractivity contribution >= 4 is 22.1 Å². The average molecular weight is 322 g/mol. The molecular weight excluding hydrogens is 308 g/mol. The summed E-state index contributed by atoms with van der Waals surface area (Å²) in [7, 11) is 0. The van der Waals surface area contributed by atoms with Crippen LogP contribution in [0.5, 0.6) is 0 Å². The SMILES string of the molecule is c1ccc(-c2cnc3cc(-c4cccc5[nH]ccc45)cnc3n2)cc1. The highest BCUT2D eigenvalue weighted by Gasteiger charge is 2.08. The van der Waals surface area contributed by atoms with Gasteiger partial charge >= 0.3 is 0 Å². The number of aromatic amines is 1. The number of aromatic nitrogens is 4. The van der Waals surface area contributed by atoms with E-state index in [-0.39, 0.29) is 0 Å². The summed E-state index contributed by atoms with van der Waals surface area (Å²) in [5.41, 5.74) is 6.63. The van der Waals surface area contributed by atoms with Crippen LogP contribution < -0.4 is 0 Å². The Hall–Kier alpha value is -3.53. The number of hydrogen-bond donors (Lipinski definition) is 1. The molecule has 0 bridgehead atoms. The van der Waals surface area contributed by atoms with E-state index in [9.17, 15) is 0 Å². The van der Waals surface area contributed by atoms with Crippen LogP contribution in [0.4, 0.5) is 0 Å². The molecule has 4 nitrogen and oxygen atoms in total. The third-order valence-electron chi connectivity index (χ3n) is 4.38. The molecule has 3 heterocycles. The van der Waals surface area contributed by atoms with Crippen LogP contribution in [0.3, 0.4) is 0 Å². The molecule has 0 aliphatic heterocycles. The van der Waals surface area contributed by atoms with Crippen LogP contribution >= 0.6 is 0 Å². The van der Waals surface area contributed by atoms with Crippen molar-refractivity contribution in [2.45, 2.75) is 0 Å². The fraction of sp³-hybridized carbons (Fsp3) is 0. The molecule has 0 unspecified atom stereocenters. The smallest absolute Gasteiger partial charge is 0.178 e. The normalized spacial score (nSPS) is 11.2. The number of nitrogens with zero attached hydrogens (tertiary/aromatic N) is 3. The van der Waals surface area contributed by atoms with Gasteiger partial charge in [-0.3, -0.25) is 4.98 Å². The van der Waals surface area contributed by atoms with E-state index in [0.717, 1.165) is 33.4 Å². The quantitative estimate of drug-likeness (QED) is 0.506. The molecule has 0 saturated carbocycles. The first-order chi connectivity index (χ1) is 12.4. The maximum atomic E-state index is 4.65. The van der Waals surface area contributed by atoms with Crippen molar-refractivity contribution in [3.63, 3.8) is 0 Å². The van der Waals surface area contributed by atoms with Crippen molar-refractivity contribution in [1.29, 1.82) is 0 Å². The van der Waals surface area contributed by atoms with Gasteiger partial charge in [0.05, 0.1) is 11.9 Å². The molecule has 1 N–H and O–H groups in total. The Morgan fingerprint density at radius 1 is 0.760 bits per heavy atom. The fourth-order valence-electron chi connectivity index (χ4n) is 3.13. The summed E-state index contributed by atoms with van der Waals surface area (Å²) in [6.45, 7) is 0. The third-order valence-corrected chi connectivity index (χ3v) is 4.38. The summed E-state index contributed by atoms with van der Waals surface area (Å²) < 4.78 is 0. The van der Waals surface area contributed by atoms with Gasteiger partial charge in [0.1, 0.15) is 5.52 Å². The van der Waals surface area contributed by atoms with Gasteiger partial charge in [-0.25, -0.2) is 9.97 Å². The molecule has 0 aliphatic carbocycles. The van der Waals surface area contributed by atoms with Crippen LogP contribution in [0.1, 0.15) is 0 Å². The number of nitrogens with one attached hydrogen (secondary N) is 1. The molecule has 0 amide bonds. The van der Waals surface area contributed by atoms with Gasteiger partial charge in [0.25, 0.3) is 0 Å². The Balaban J connectivity index is 1.64. The van der Waals surface area contributed by atoms with Crippen molar-refractivity contribution in [2.24, 2.45) is 0 Å². The maximum Gasteiger partial charge on any atom is 0.178 e. The van der Waals surface area contributed by atoms with Crippen molar-refractivity contribution in [3.8, 4) is 22.4 Å². The van der Waals surface area contributed by atoms with E-state index in [0.29, 0.717) is 5.65 Å². The van der Waals surface area contributed by atoms with Gasteiger partial charge < -0.3 is 4.98 Å². The first kappa shape index (κ1) is 13.9. The van der Waals surface area contributed by atoms with Crippen LogP contribution in [-0.2, 0) is 0 Å². The van der Waals surface area contributed by atoms with Crippen LogP contribution in [0.15, 0.2) is 79.3 Å². The maximum absolute atomic E-state index is 4.65. The predicted octanol–water partition coefficient (Wildman–Crippen LogP) is 4.84. The van der Waals surface area contributed by atoms with E-state index in [1.807, 2.05) is 54.9 Å². The third kappa shape index (κ3) is 2.35. The molecule has 2 aromatic carbocycles. The molecule has 5 rings (SSSR count). The minimum atomic E-state index is 0.659. The minimum absolute atomic E-state index is 0.659. The number of hydrogen-bond acceptors (Lipinski definition) is 3. The van der Waals surface area contributed by atoms with Crippen LogP contribution in [0.25, 0.3) is 44.5 Å². The first-order valence-electron chi connectivity index (χ1n) is 8.13. The lowest BCUT2D eigenvalue weighted by molar-refractivity contribution is 1.23. The highest BCUT2D eigenvalue weighted by Crippen LogP contribution is 2.29. The average Bonchev–Trinajstić information content (AvgIpc) is 3.17. The van der Waals surface area contributed by atoms with Crippen molar-refractivity contribution in [2.75, 3.05) is 0 Å². The van der Waals surface area contributed by atoms with Crippen molar-refractivity contribution < 1.29 is 0 Å². The second-order valence-electron chi connectivity index (χ2n) is 5.93. The zero-order chi connectivity index (χ0) is 16.6. The summed E-state index contributed by atoms with van der Waals surface area (Å²) in [4.78, 5) is 17.0. The summed E-state index contributed by atoms with van der Waals surface area (Å²) in [5.74, 6) is 0. The zero-order valence-electron chi connectivity index (χ0n) is 13.3. The number of fused-ring (bicyclic) bond motifs is 2. The van der Waals surface area contributed by atoms with Gasteiger partial charge in [-0.1, -0.05) is 42.5 Å². The van der Waals surface area contributed by atoms with E-state index < -0.39 is 0 Å². The summed E-state index contributed by atoms with van der Waals surface area (Å²) in [6, 6.07) is 20.4. The van der Waals surface area contributed by atoms with Gasteiger partial charge in [-0.2, -0.15) is 0 Å². The van der Waals surface area contributed by atoms with E-state index >= 15 is 0 Å². The molecule has 3 aromatic heterocycles. The Morgan fingerprint density at radius 3 is 2.60 bits per heavy atom. The molecule has 5 aromatic rings. The molecule has 0 aliphatic rings. The Kier molecular flexibility index (Phi) is 3.07. The summed E-state index contributed by atoms with van der Waals surface area (Å²) in [5, 5.41) is 1.18. The number of benzene rings is 2. The molecule has 0 saturated heterocycles. The Labute approximate surface area is 144 Å². The number of pyridine rings is 1. The first-order valence-corrected chi connectivity index (χ1v) is 8.13. The largest absolute Gasteiger partial charge is 0.361 e. The monoisotopic (exact) mass is 322 g/mol. The summed E-state index contributed by atoms with van der Waals surface area (Å²) in [6.07, 6.45) is 5.63. The summed E-state index contributed by atoms with van der Waals surface area (Å²) >= 11 is 0. The molecular formula is C21H14N4. The van der Waals surface area contributed by atoms with Gasteiger partial charge in [-0.15, -0.1) is 0 Å². The minimum Gasteiger partial charge on any atom is -0.361 e. The van der Waals surface area contributed by atoms with Crippen LogP contribution in [0.2, 0.25) is 0 Å². The van der Waals surface area contributed by atoms with Gasteiger partial charge in [0, 0.05) is 34.4 Å². The highest BCUT2D eigenvalue weighted by molar-refractivity contribution is 5.96. The topological polar surface area (TPSA) is 54.5 Å². The lowest BCUT2D eigenvalue weighted by atomic mass is 10.0. The van der Waals surface area contributed by atoms with E-state index in [4.69, 9.17) is 0 Å². The van der Waals surface area contributed by atoms with Gasteiger partial charge in [0.15, 0.2) is 5.65 Å².